The number of pyridine rings is 1. The number of hydrogen-bond donors (Lipinski definition) is 1. The molecule has 3 rings (SSSR count). The summed E-state index contributed by atoms with van der Waals surface area (Å²) in [5.74, 6) is 0.325. The molecule has 0 radical (unpaired) electrons. The van der Waals surface area contributed by atoms with Crippen molar-refractivity contribution in [1.82, 2.24) is 8.87 Å². The van der Waals surface area contributed by atoms with Crippen molar-refractivity contribution in [1.29, 1.82) is 0 Å². The van der Waals surface area contributed by atoms with E-state index in [9.17, 15) is 13.2 Å². The molecule has 0 unspecified atom stereocenters. The lowest BCUT2D eigenvalue weighted by molar-refractivity contribution is 0.186. The Balaban J connectivity index is 1.93. The summed E-state index contributed by atoms with van der Waals surface area (Å²) in [6, 6.07) is 5.25. The zero-order valence-electron chi connectivity index (χ0n) is 11.2. The molecule has 2 aliphatic heterocycles. The van der Waals surface area contributed by atoms with Gasteiger partial charge in [-0.05, 0) is 18.4 Å². The molecule has 0 amide bonds. The van der Waals surface area contributed by atoms with Gasteiger partial charge in [-0.3, -0.25) is 4.79 Å². The van der Waals surface area contributed by atoms with Gasteiger partial charge in [-0.25, -0.2) is 12.7 Å². The zero-order valence-corrected chi connectivity index (χ0v) is 12.1. The Morgan fingerprint density at radius 1 is 1.25 bits per heavy atom. The lowest BCUT2D eigenvalue weighted by atomic mass is 9.84. The maximum absolute atomic E-state index is 12.2. The van der Waals surface area contributed by atoms with Gasteiger partial charge in [-0.15, -0.1) is 0 Å². The minimum atomic E-state index is -3.27. The summed E-state index contributed by atoms with van der Waals surface area (Å²) in [4.78, 5) is 11.9. The minimum absolute atomic E-state index is 0.00592. The Morgan fingerprint density at radius 3 is 2.80 bits per heavy atom. The highest BCUT2D eigenvalue weighted by molar-refractivity contribution is 7.89. The molecule has 20 heavy (non-hydrogen) atoms. The summed E-state index contributed by atoms with van der Waals surface area (Å²) in [5, 5.41) is 0. The van der Waals surface area contributed by atoms with E-state index in [4.69, 9.17) is 5.73 Å². The highest BCUT2D eigenvalue weighted by Gasteiger charge is 2.38. The largest absolute Gasteiger partial charge is 0.329 e. The van der Waals surface area contributed by atoms with Crippen molar-refractivity contribution < 1.29 is 8.42 Å². The van der Waals surface area contributed by atoms with Crippen LogP contribution in [-0.2, 0) is 16.6 Å². The second-order valence-corrected chi connectivity index (χ2v) is 7.71. The number of nitrogens with two attached hydrogens (primary N) is 1. The maximum atomic E-state index is 12.2. The predicted molar refractivity (Wildman–Crippen MR) is 76.0 cm³/mol. The van der Waals surface area contributed by atoms with Crippen LogP contribution in [0.25, 0.3) is 0 Å². The van der Waals surface area contributed by atoms with Crippen LogP contribution in [-0.4, -0.2) is 42.7 Å². The van der Waals surface area contributed by atoms with Gasteiger partial charge in [0.25, 0.3) is 5.56 Å². The van der Waals surface area contributed by atoms with Crippen LogP contribution in [0.3, 0.4) is 0 Å². The van der Waals surface area contributed by atoms with Crippen molar-refractivity contribution in [2.24, 2.45) is 11.7 Å². The molecule has 2 bridgehead atoms. The molecule has 1 saturated heterocycles. The van der Waals surface area contributed by atoms with Gasteiger partial charge >= 0.3 is 0 Å². The van der Waals surface area contributed by atoms with Crippen molar-refractivity contribution >= 4 is 10.0 Å². The number of fused-ring (bicyclic) bond motifs is 4. The van der Waals surface area contributed by atoms with Crippen LogP contribution >= 0.6 is 0 Å². The Hall–Kier alpha value is -1.18. The van der Waals surface area contributed by atoms with Crippen molar-refractivity contribution in [2.75, 3.05) is 25.4 Å². The topological polar surface area (TPSA) is 85.4 Å². The van der Waals surface area contributed by atoms with Crippen molar-refractivity contribution in [3.8, 4) is 0 Å². The molecule has 1 fully saturated rings. The number of rotatable bonds is 3. The van der Waals surface area contributed by atoms with E-state index < -0.39 is 10.0 Å². The molecule has 0 aromatic carbocycles. The molecule has 2 N–H and O–H groups in total. The number of nitrogens with zero attached hydrogens (tertiary/aromatic N) is 2. The van der Waals surface area contributed by atoms with Crippen molar-refractivity contribution in [3.05, 3.63) is 34.2 Å². The molecule has 3 heterocycles. The average Bonchev–Trinajstić information content (AvgIpc) is 2.40. The Kier molecular flexibility index (Phi) is 3.43. The molecule has 6 nitrogen and oxygen atoms in total. The minimum Gasteiger partial charge on any atom is -0.329 e. The van der Waals surface area contributed by atoms with Crippen LogP contribution in [0.4, 0.5) is 0 Å². The van der Waals surface area contributed by atoms with Gasteiger partial charge in [-0.1, -0.05) is 6.07 Å². The van der Waals surface area contributed by atoms with Gasteiger partial charge in [0, 0.05) is 43.9 Å². The van der Waals surface area contributed by atoms with E-state index in [0.29, 0.717) is 19.6 Å². The van der Waals surface area contributed by atoms with Crippen molar-refractivity contribution in [3.63, 3.8) is 0 Å². The Labute approximate surface area is 118 Å². The normalized spacial score (nSPS) is 26.2. The van der Waals surface area contributed by atoms with Crippen molar-refractivity contribution in [2.45, 2.75) is 18.9 Å². The van der Waals surface area contributed by atoms with Crippen LogP contribution < -0.4 is 11.3 Å². The van der Waals surface area contributed by atoms with Crippen LogP contribution in [0.1, 0.15) is 18.0 Å². The lowest BCUT2D eigenvalue weighted by Crippen LogP contribution is -2.50. The third-order valence-corrected chi connectivity index (χ3v) is 6.05. The number of sulfonamides is 1. The quantitative estimate of drug-likeness (QED) is 0.819. The highest BCUT2D eigenvalue weighted by Crippen LogP contribution is 2.35. The molecule has 1 aromatic heterocycles. The van der Waals surface area contributed by atoms with Gasteiger partial charge in [0.2, 0.25) is 10.0 Å². The lowest BCUT2D eigenvalue weighted by Gasteiger charge is -2.42. The summed E-state index contributed by atoms with van der Waals surface area (Å²) in [6.45, 7) is 1.71. The van der Waals surface area contributed by atoms with E-state index in [1.807, 2.05) is 6.07 Å². The first-order valence-electron chi connectivity index (χ1n) is 6.89. The monoisotopic (exact) mass is 297 g/mol. The summed E-state index contributed by atoms with van der Waals surface area (Å²) >= 11 is 0. The van der Waals surface area contributed by atoms with E-state index in [2.05, 4.69) is 0 Å². The van der Waals surface area contributed by atoms with Gasteiger partial charge in [0.15, 0.2) is 0 Å². The molecule has 2 aliphatic rings. The molecule has 1 aromatic rings. The van der Waals surface area contributed by atoms with Gasteiger partial charge in [0.05, 0.1) is 5.75 Å². The molecule has 110 valence electrons. The van der Waals surface area contributed by atoms with E-state index in [0.717, 1.165) is 12.1 Å². The molecular formula is C13H19N3O3S. The Morgan fingerprint density at radius 2 is 2.05 bits per heavy atom. The third kappa shape index (κ3) is 2.30. The second-order valence-electron chi connectivity index (χ2n) is 5.62. The van der Waals surface area contributed by atoms with E-state index >= 15 is 0 Å². The average molecular weight is 297 g/mol. The summed E-state index contributed by atoms with van der Waals surface area (Å²) in [7, 11) is -3.27. The molecule has 0 saturated carbocycles. The van der Waals surface area contributed by atoms with Crippen LogP contribution in [0.2, 0.25) is 0 Å². The summed E-state index contributed by atoms with van der Waals surface area (Å²) < 4.78 is 27.7. The second kappa shape index (κ2) is 4.98. The number of hydrogen-bond acceptors (Lipinski definition) is 4. The van der Waals surface area contributed by atoms with E-state index in [1.54, 1.807) is 21.0 Å². The smallest absolute Gasteiger partial charge is 0.250 e. The maximum Gasteiger partial charge on any atom is 0.250 e. The third-order valence-electron chi connectivity index (χ3n) is 4.22. The molecule has 2 atom stereocenters. The van der Waals surface area contributed by atoms with Gasteiger partial charge in [-0.2, -0.15) is 0 Å². The first-order chi connectivity index (χ1) is 9.51. The fraction of sp³-hybridized carbons (Fsp3) is 0.615. The SMILES string of the molecule is NCCS(=O)(=O)N1C[C@@H]2C[C@@H](C1)c1cccc(=O)n1C2. The first kappa shape index (κ1) is 13.8. The van der Waals surface area contributed by atoms with Gasteiger partial charge < -0.3 is 10.3 Å². The fourth-order valence-corrected chi connectivity index (χ4v) is 4.76. The standard InChI is InChI=1S/C13H19N3O3S/c14-4-5-20(18,19)15-7-10-6-11(9-15)12-2-1-3-13(17)16(12)8-10/h1-3,10-11H,4-9,14H2/t10-,11-/m0/s1. The van der Waals surface area contributed by atoms with E-state index in [1.165, 1.54) is 0 Å². The molecule has 7 heteroatoms. The zero-order chi connectivity index (χ0) is 14.3. The molecule has 0 spiro atoms. The molecule has 0 aliphatic carbocycles. The van der Waals surface area contributed by atoms with Crippen LogP contribution in [0.5, 0.6) is 0 Å². The predicted octanol–water partition coefficient (Wildman–Crippen LogP) is -0.444. The first-order valence-corrected chi connectivity index (χ1v) is 8.50. The number of aromatic nitrogens is 1. The highest BCUT2D eigenvalue weighted by atomic mass is 32.2. The van der Waals surface area contributed by atoms with Crippen LogP contribution in [0.15, 0.2) is 23.0 Å². The summed E-state index contributed by atoms with van der Waals surface area (Å²) in [6.07, 6.45) is 0.956. The molecular weight excluding hydrogens is 278 g/mol. The van der Waals surface area contributed by atoms with Gasteiger partial charge in [0.1, 0.15) is 0 Å². The van der Waals surface area contributed by atoms with E-state index in [-0.39, 0.29) is 29.7 Å². The number of piperidine rings is 1. The summed E-state index contributed by atoms with van der Waals surface area (Å²) in [5.41, 5.74) is 6.35. The Bertz CT molecular complexity index is 668. The fourth-order valence-electron chi connectivity index (χ4n) is 3.36. The van der Waals surface area contributed by atoms with Crippen LogP contribution in [0, 0.1) is 5.92 Å².